The molecule has 0 saturated heterocycles. The van der Waals surface area contributed by atoms with Gasteiger partial charge >= 0.3 is 0 Å². The molecule has 273 valence electrons. The molecule has 0 unspecified atom stereocenters. The van der Waals surface area contributed by atoms with Crippen LogP contribution in [0.3, 0.4) is 0 Å². The first kappa shape index (κ1) is 38.5. The van der Waals surface area contributed by atoms with Gasteiger partial charge in [-0.2, -0.15) is 0 Å². The van der Waals surface area contributed by atoms with Crippen molar-refractivity contribution in [3.8, 4) is 44.9 Å². The van der Waals surface area contributed by atoms with Crippen molar-refractivity contribution in [1.82, 2.24) is 15.0 Å². The first-order chi connectivity index (χ1) is 25.4. The van der Waals surface area contributed by atoms with Crippen molar-refractivity contribution in [3.05, 3.63) is 161 Å². The third kappa shape index (κ3) is 7.85. The van der Waals surface area contributed by atoms with Gasteiger partial charge in [0.25, 0.3) is 0 Å². The first-order valence-corrected chi connectivity index (χ1v) is 18.2. The van der Waals surface area contributed by atoms with Gasteiger partial charge in [-0.15, -0.1) is 53.6 Å². The molecular formula is C49H45IrN3O-2. The van der Waals surface area contributed by atoms with Crippen molar-refractivity contribution in [2.24, 2.45) is 0 Å². The van der Waals surface area contributed by atoms with E-state index in [-0.39, 0.29) is 25.5 Å². The smallest absolute Gasteiger partial charge is 0.216 e. The summed E-state index contributed by atoms with van der Waals surface area (Å²) < 4.78 is 6.43. The molecule has 4 heterocycles. The number of furan rings is 1. The second-order valence-electron chi connectivity index (χ2n) is 15.2. The third-order valence-corrected chi connectivity index (χ3v) is 9.99. The molecule has 8 aromatic rings. The van der Waals surface area contributed by atoms with Crippen molar-refractivity contribution in [1.29, 1.82) is 0 Å². The summed E-state index contributed by atoms with van der Waals surface area (Å²) in [4.78, 5) is 14.2. The van der Waals surface area contributed by atoms with Crippen molar-refractivity contribution in [2.45, 2.75) is 67.7 Å². The molecule has 4 nitrogen and oxygen atoms in total. The SMILES string of the molecule is Cc1c[c-]c(-c2cc(C)c(C)cn2)cc1.Cc1cc(-c2[c-]ccc3c2oc2nc(-c4c(C)cc(-c5ccccc5)cc4C)ccc23)ncc1C(C)(C)C.[Ir]. The molecule has 5 heteroatoms. The van der Waals surface area contributed by atoms with E-state index in [1.54, 1.807) is 0 Å². The molecule has 4 aromatic carbocycles. The van der Waals surface area contributed by atoms with Gasteiger partial charge in [-0.3, -0.25) is 0 Å². The first-order valence-electron chi connectivity index (χ1n) is 18.2. The van der Waals surface area contributed by atoms with Crippen molar-refractivity contribution < 1.29 is 24.5 Å². The topological polar surface area (TPSA) is 51.8 Å². The molecule has 0 N–H and O–H groups in total. The van der Waals surface area contributed by atoms with Gasteiger partial charge in [-0.05, 0) is 96.9 Å². The van der Waals surface area contributed by atoms with Crippen LogP contribution < -0.4 is 0 Å². The number of benzene rings is 4. The van der Waals surface area contributed by atoms with Crippen LogP contribution in [0, 0.1) is 53.7 Å². The summed E-state index contributed by atoms with van der Waals surface area (Å²) in [5.74, 6) is 0. The number of pyridine rings is 3. The molecule has 0 atom stereocenters. The summed E-state index contributed by atoms with van der Waals surface area (Å²) in [5, 5.41) is 2.03. The molecule has 0 saturated carbocycles. The predicted octanol–water partition coefficient (Wildman–Crippen LogP) is 12.9. The monoisotopic (exact) mass is 884 g/mol. The van der Waals surface area contributed by atoms with E-state index in [2.05, 4.69) is 152 Å². The van der Waals surface area contributed by atoms with Crippen LogP contribution in [-0.2, 0) is 25.5 Å². The number of hydrogen-bond acceptors (Lipinski definition) is 4. The number of aromatic nitrogens is 3. The summed E-state index contributed by atoms with van der Waals surface area (Å²) >= 11 is 0. The van der Waals surface area contributed by atoms with Gasteiger partial charge in [-0.1, -0.05) is 104 Å². The largest absolute Gasteiger partial charge is 0.486 e. The number of nitrogens with zero attached hydrogens (tertiary/aromatic N) is 3. The van der Waals surface area contributed by atoms with Crippen molar-refractivity contribution >= 4 is 22.1 Å². The van der Waals surface area contributed by atoms with Crippen LogP contribution in [0.2, 0.25) is 0 Å². The molecule has 8 rings (SSSR count). The maximum Gasteiger partial charge on any atom is 0.216 e. The molecule has 0 spiro atoms. The normalized spacial score (nSPS) is 11.3. The van der Waals surface area contributed by atoms with Gasteiger partial charge in [0, 0.05) is 43.4 Å². The summed E-state index contributed by atoms with van der Waals surface area (Å²) in [6.45, 7) is 19.3. The average molecular weight is 884 g/mol. The average Bonchev–Trinajstić information content (AvgIpc) is 3.51. The molecule has 0 bridgehead atoms. The van der Waals surface area contributed by atoms with Crippen LogP contribution in [0.1, 0.15) is 59.7 Å². The van der Waals surface area contributed by atoms with Crippen LogP contribution in [-0.4, -0.2) is 15.0 Å². The zero-order chi connectivity index (χ0) is 37.4. The Kier molecular flexibility index (Phi) is 11.1. The van der Waals surface area contributed by atoms with E-state index in [1.165, 1.54) is 50.1 Å². The summed E-state index contributed by atoms with van der Waals surface area (Å²) in [6.07, 6.45) is 3.90. The van der Waals surface area contributed by atoms with Crippen molar-refractivity contribution in [2.75, 3.05) is 0 Å². The zero-order valence-corrected chi connectivity index (χ0v) is 34.9. The Balaban J connectivity index is 0.000000261. The van der Waals surface area contributed by atoms with Crippen LogP contribution in [0.5, 0.6) is 0 Å². The van der Waals surface area contributed by atoms with Gasteiger partial charge in [0.1, 0.15) is 0 Å². The molecule has 54 heavy (non-hydrogen) atoms. The molecule has 0 amide bonds. The van der Waals surface area contributed by atoms with Crippen LogP contribution in [0.4, 0.5) is 0 Å². The number of rotatable bonds is 4. The van der Waals surface area contributed by atoms with Gasteiger partial charge in [0.15, 0.2) is 0 Å². The second kappa shape index (κ2) is 15.6. The molecule has 0 fully saturated rings. The van der Waals surface area contributed by atoms with E-state index in [0.29, 0.717) is 5.71 Å². The quantitative estimate of drug-likeness (QED) is 0.165. The Morgan fingerprint density at radius 2 is 1.30 bits per heavy atom. The van der Waals surface area contributed by atoms with E-state index in [0.717, 1.165) is 50.1 Å². The fourth-order valence-electron chi connectivity index (χ4n) is 7.03. The number of aryl methyl sites for hydroxylation is 6. The molecule has 4 aromatic heterocycles. The third-order valence-electron chi connectivity index (χ3n) is 9.99. The Hall–Kier alpha value is -5.22. The van der Waals surface area contributed by atoms with Crippen LogP contribution in [0.25, 0.3) is 67.0 Å². The summed E-state index contributed by atoms with van der Waals surface area (Å²) in [7, 11) is 0. The Bertz CT molecular complexity index is 2570. The molecule has 0 aliphatic heterocycles. The zero-order valence-electron chi connectivity index (χ0n) is 32.5. The molecular weight excluding hydrogens is 839 g/mol. The van der Waals surface area contributed by atoms with Gasteiger partial charge in [0.2, 0.25) is 5.71 Å². The minimum absolute atomic E-state index is 0. The Morgan fingerprint density at radius 1 is 0.593 bits per heavy atom. The van der Waals surface area contributed by atoms with Gasteiger partial charge < -0.3 is 14.4 Å². The van der Waals surface area contributed by atoms with E-state index >= 15 is 0 Å². The Labute approximate surface area is 333 Å². The molecule has 0 aliphatic rings. The summed E-state index contributed by atoms with van der Waals surface area (Å²) in [5.41, 5.74) is 18.3. The van der Waals surface area contributed by atoms with E-state index in [1.807, 2.05) is 36.7 Å². The summed E-state index contributed by atoms with van der Waals surface area (Å²) in [6, 6.07) is 40.2. The number of fused-ring (bicyclic) bond motifs is 3. The van der Waals surface area contributed by atoms with Crippen LogP contribution in [0.15, 0.2) is 114 Å². The molecule has 0 aliphatic carbocycles. The predicted molar refractivity (Wildman–Crippen MR) is 220 cm³/mol. The van der Waals surface area contributed by atoms with E-state index in [9.17, 15) is 0 Å². The number of hydrogen-bond donors (Lipinski definition) is 0. The fraction of sp³-hybridized carbons (Fsp3) is 0.204. The molecule has 1 radical (unpaired) electrons. The Morgan fingerprint density at radius 3 is 1.94 bits per heavy atom. The standard InChI is InChI=1S/C35H31N2O.C14H14N.Ir/c1-21-19-31(36-20-29(21)35(4,5)6)28-14-10-13-26-27-15-16-30(37-34(27)38-33(26)28)32-22(2)17-25(18-23(32)3)24-11-8-7-9-12-24;1-10-4-6-13(7-5-10)14-8-11(2)12(3)9-15-14;/h7-13,15-20H,1-6H3;4-6,8-9H,1-3H3;/q2*-1;. The van der Waals surface area contributed by atoms with Gasteiger partial charge in [0.05, 0.1) is 11.3 Å². The maximum absolute atomic E-state index is 6.43. The van der Waals surface area contributed by atoms with E-state index in [4.69, 9.17) is 14.4 Å². The second-order valence-corrected chi connectivity index (χ2v) is 15.2. The van der Waals surface area contributed by atoms with Gasteiger partial charge in [-0.25, -0.2) is 4.98 Å². The van der Waals surface area contributed by atoms with E-state index < -0.39 is 0 Å². The fourth-order valence-corrected chi connectivity index (χ4v) is 7.03. The van der Waals surface area contributed by atoms with Crippen molar-refractivity contribution in [3.63, 3.8) is 0 Å². The minimum Gasteiger partial charge on any atom is -0.486 e. The van der Waals surface area contributed by atoms with Crippen LogP contribution >= 0.6 is 0 Å². The maximum atomic E-state index is 6.43. The minimum atomic E-state index is 0.